The summed E-state index contributed by atoms with van der Waals surface area (Å²) >= 11 is 0. The molecule has 3 atom stereocenters. The van der Waals surface area contributed by atoms with Crippen LogP contribution in [-0.4, -0.2) is 39.2 Å². The molecule has 2 amide bonds. The molecule has 0 aliphatic carbocycles. The number of aromatic amines is 1. The highest BCUT2D eigenvalue weighted by atomic mass is 16.4. The summed E-state index contributed by atoms with van der Waals surface area (Å²) in [6.45, 7) is 5.97. The normalized spacial score (nSPS) is 15.2. The summed E-state index contributed by atoms with van der Waals surface area (Å²) in [7, 11) is 0. The Bertz CT molecular complexity index is 433. The maximum Gasteiger partial charge on any atom is 0.326 e. The molecule has 0 saturated carbocycles. The Kier molecular flexibility index (Phi) is 6.02. The van der Waals surface area contributed by atoms with E-state index in [1.807, 2.05) is 20.8 Å². The van der Waals surface area contributed by atoms with Crippen LogP contribution in [0.5, 0.6) is 0 Å². The van der Waals surface area contributed by atoms with E-state index in [1.54, 1.807) is 0 Å². The first-order valence-corrected chi connectivity index (χ1v) is 6.71. The van der Waals surface area contributed by atoms with Crippen LogP contribution < -0.4 is 10.6 Å². The van der Waals surface area contributed by atoms with Crippen molar-refractivity contribution in [2.24, 2.45) is 5.92 Å². The Labute approximate surface area is 118 Å². The van der Waals surface area contributed by atoms with E-state index in [-0.39, 0.29) is 12.5 Å². The Balaban J connectivity index is 2.53. The number of aromatic nitrogens is 2. The van der Waals surface area contributed by atoms with Crippen LogP contribution in [0.15, 0.2) is 12.5 Å². The van der Waals surface area contributed by atoms with Gasteiger partial charge in [0.25, 0.3) is 0 Å². The Hall–Kier alpha value is -2.05. The minimum absolute atomic E-state index is 0.0124. The van der Waals surface area contributed by atoms with Crippen LogP contribution in [0, 0.1) is 5.92 Å². The van der Waals surface area contributed by atoms with Crippen molar-refractivity contribution < 1.29 is 14.7 Å². The predicted octanol–water partition coefficient (Wildman–Crippen LogP) is 1.14. The van der Waals surface area contributed by atoms with Gasteiger partial charge in [0.2, 0.25) is 0 Å². The number of amides is 2. The number of nitrogens with one attached hydrogen (secondary N) is 3. The van der Waals surface area contributed by atoms with E-state index in [9.17, 15) is 9.59 Å². The van der Waals surface area contributed by atoms with Crippen molar-refractivity contribution in [1.82, 2.24) is 20.6 Å². The SMILES string of the molecule is CCC(C)C(C)NC(=O)NC(Cc1cnc[nH]1)C(=O)O. The van der Waals surface area contributed by atoms with Crippen molar-refractivity contribution in [1.29, 1.82) is 0 Å². The van der Waals surface area contributed by atoms with Gasteiger partial charge in [-0.2, -0.15) is 0 Å². The summed E-state index contributed by atoms with van der Waals surface area (Å²) in [4.78, 5) is 29.6. The lowest BCUT2D eigenvalue weighted by atomic mass is 10.0. The molecule has 1 rings (SSSR count). The molecule has 0 radical (unpaired) electrons. The zero-order valence-corrected chi connectivity index (χ0v) is 12.0. The number of imidazole rings is 1. The number of hydrogen-bond donors (Lipinski definition) is 4. The first-order chi connectivity index (χ1) is 9.43. The van der Waals surface area contributed by atoms with Gasteiger partial charge in [-0.25, -0.2) is 14.6 Å². The average molecular weight is 282 g/mol. The van der Waals surface area contributed by atoms with E-state index >= 15 is 0 Å². The van der Waals surface area contributed by atoms with E-state index < -0.39 is 18.0 Å². The van der Waals surface area contributed by atoms with Gasteiger partial charge in [-0.15, -0.1) is 0 Å². The second kappa shape index (κ2) is 7.52. The third-order valence-electron chi connectivity index (χ3n) is 3.44. The summed E-state index contributed by atoms with van der Waals surface area (Å²) in [5.74, 6) is -0.748. The van der Waals surface area contributed by atoms with Gasteiger partial charge < -0.3 is 20.7 Å². The highest BCUT2D eigenvalue weighted by molar-refractivity contribution is 5.82. The third kappa shape index (κ3) is 4.91. The van der Waals surface area contributed by atoms with Crippen LogP contribution in [0.25, 0.3) is 0 Å². The van der Waals surface area contributed by atoms with Crippen LogP contribution >= 0.6 is 0 Å². The van der Waals surface area contributed by atoms with Gasteiger partial charge in [0.15, 0.2) is 0 Å². The Morgan fingerprint density at radius 1 is 1.40 bits per heavy atom. The van der Waals surface area contributed by atoms with Gasteiger partial charge in [-0.1, -0.05) is 20.3 Å². The van der Waals surface area contributed by atoms with Crippen LogP contribution in [0.3, 0.4) is 0 Å². The zero-order chi connectivity index (χ0) is 15.1. The summed E-state index contributed by atoms with van der Waals surface area (Å²) in [5.41, 5.74) is 0.660. The highest BCUT2D eigenvalue weighted by Crippen LogP contribution is 2.06. The maximum atomic E-state index is 11.8. The zero-order valence-electron chi connectivity index (χ0n) is 12.0. The first kappa shape index (κ1) is 16.0. The van der Waals surface area contributed by atoms with Crippen LogP contribution in [0.2, 0.25) is 0 Å². The average Bonchev–Trinajstić information content (AvgIpc) is 2.89. The molecule has 0 aliphatic rings. The van der Waals surface area contributed by atoms with E-state index in [0.717, 1.165) is 6.42 Å². The van der Waals surface area contributed by atoms with Gasteiger partial charge >= 0.3 is 12.0 Å². The number of carbonyl (C=O) groups is 2. The summed E-state index contributed by atoms with van der Waals surface area (Å²) in [6.07, 6.45) is 4.12. The van der Waals surface area contributed by atoms with E-state index in [2.05, 4.69) is 20.6 Å². The van der Waals surface area contributed by atoms with Crippen molar-refractivity contribution in [3.05, 3.63) is 18.2 Å². The minimum Gasteiger partial charge on any atom is -0.480 e. The molecule has 0 aliphatic heterocycles. The number of carboxylic acid groups (broad SMARTS) is 1. The topological polar surface area (TPSA) is 107 Å². The number of carbonyl (C=O) groups excluding carboxylic acids is 1. The molecule has 3 unspecified atom stereocenters. The van der Waals surface area contributed by atoms with E-state index in [0.29, 0.717) is 11.6 Å². The number of urea groups is 1. The van der Waals surface area contributed by atoms with Crippen molar-refractivity contribution in [2.75, 3.05) is 0 Å². The number of carboxylic acids is 1. The van der Waals surface area contributed by atoms with Crippen LogP contribution in [0.1, 0.15) is 32.9 Å². The second-order valence-electron chi connectivity index (χ2n) is 4.96. The second-order valence-corrected chi connectivity index (χ2v) is 4.96. The highest BCUT2D eigenvalue weighted by Gasteiger charge is 2.22. The number of hydrogen-bond acceptors (Lipinski definition) is 3. The molecule has 1 aromatic heterocycles. The molecule has 0 fully saturated rings. The molecular formula is C13H22N4O3. The third-order valence-corrected chi connectivity index (χ3v) is 3.44. The van der Waals surface area contributed by atoms with Crippen molar-refractivity contribution in [2.45, 2.75) is 45.7 Å². The van der Waals surface area contributed by atoms with Crippen molar-refractivity contribution in [3.8, 4) is 0 Å². The number of rotatable bonds is 7. The molecule has 0 saturated heterocycles. The van der Waals surface area contributed by atoms with Crippen LogP contribution in [-0.2, 0) is 11.2 Å². The van der Waals surface area contributed by atoms with Gasteiger partial charge in [-0.3, -0.25) is 0 Å². The quantitative estimate of drug-likeness (QED) is 0.601. The maximum absolute atomic E-state index is 11.8. The number of nitrogens with zero attached hydrogens (tertiary/aromatic N) is 1. The standard InChI is InChI=1S/C13H22N4O3/c1-4-8(2)9(3)16-13(20)17-11(12(18)19)5-10-6-14-7-15-10/h6-9,11H,4-5H2,1-3H3,(H,14,15)(H,18,19)(H2,16,17,20). The molecule has 20 heavy (non-hydrogen) atoms. The van der Waals surface area contributed by atoms with Gasteiger partial charge in [0, 0.05) is 24.4 Å². The largest absolute Gasteiger partial charge is 0.480 e. The summed E-state index contributed by atoms with van der Waals surface area (Å²) in [5, 5.41) is 14.4. The van der Waals surface area contributed by atoms with E-state index in [1.165, 1.54) is 12.5 Å². The monoisotopic (exact) mass is 282 g/mol. The Morgan fingerprint density at radius 2 is 2.10 bits per heavy atom. The van der Waals surface area contributed by atoms with Crippen molar-refractivity contribution in [3.63, 3.8) is 0 Å². The fraction of sp³-hybridized carbons (Fsp3) is 0.615. The van der Waals surface area contributed by atoms with Crippen LogP contribution in [0.4, 0.5) is 4.79 Å². The molecule has 1 heterocycles. The molecule has 0 aromatic carbocycles. The van der Waals surface area contributed by atoms with Gasteiger partial charge in [0.05, 0.1) is 6.33 Å². The Morgan fingerprint density at radius 3 is 2.60 bits per heavy atom. The molecule has 7 nitrogen and oxygen atoms in total. The summed E-state index contributed by atoms with van der Waals surface area (Å²) < 4.78 is 0. The molecule has 112 valence electrons. The number of aliphatic carboxylic acids is 1. The molecule has 0 spiro atoms. The predicted molar refractivity (Wildman–Crippen MR) is 74.3 cm³/mol. The van der Waals surface area contributed by atoms with Gasteiger partial charge in [-0.05, 0) is 12.8 Å². The molecule has 4 N–H and O–H groups in total. The first-order valence-electron chi connectivity index (χ1n) is 6.71. The molecule has 7 heteroatoms. The van der Waals surface area contributed by atoms with E-state index in [4.69, 9.17) is 5.11 Å². The molecule has 0 bridgehead atoms. The molecular weight excluding hydrogens is 260 g/mol. The lowest BCUT2D eigenvalue weighted by molar-refractivity contribution is -0.139. The van der Waals surface area contributed by atoms with Gasteiger partial charge in [0.1, 0.15) is 6.04 Å². The fourth-order valence-corrected chi connectivity index (χ4v) is 1.72. The summed E-state index contributed by atoms with van der Waals surface area (Å²) in [6, 6.07) is -1.47. The molecule has 1 aromatic rings. The fourth-order valence-electron chi connectivity index (χ4n) is 1.72. The lowest BCUT2D eigenvalue weighted by Gasteiger charge is -2.21. The lowest BCUT2D eigenvalue weighted by Crippen LogP contribution is -2.50. The smallest absolute Gasteiger partial charge is 0.326 e. The van der Waals surface area contributed by atoms with Crippen molar-refractivity contribution >= 4 is 12.0 Å². The minimum atomic E-state index is -1.08. The number of H-pyrrole nitrogens is 1.